The monoisotopic (exact) mass is 572 g/mol. The smallest absolute Gasteiger partial charge is 0.251 e. The van der Waals surface area contributed by atoms with Gasteiger partial charge in [-0.2, -0.15) is 0 Å². The summed E-state index contributed by atoms with van der Waals surface area (Å²) in [5, 5.41) is 3.38. The second kappa shape index (κ2) is 11.9. The Kier molecular flexibility index (Phi) is 8.95. The molecule has 1 atom stereocenters. The Balaban J connectivity index is 1.62. The zero-order valence-corrected chi connectivity index (χ0v) is 25.3. The fraction of sp³-hybridized carbons (Fsp3) is 0.483. The SMILES string of the molecule is Cc1cnc(NC2CCOCC2)nc1-c1ccn(C[C@H](O[Si](C)(C)C(C)(C)C)c2ccc(Cl)c(F)c2)c(=O)c1. The van der Waals surface area contributed by atoms with Crippen LogP contribution in [0.3, 0.4) is 0 Å². The van der Waals surface area contributed by atoms with Crippen molar-refractivity contribution in [1.82, 2.24) is 14.5 Å². The van der Waals surface area contributed by atoms with Crippen molar-refractivity contribution in [3.63, 3.8) is 0 Å². The van der Waals surface area contributed by atoms with E-state index in [4.69, 9.17) is 25.7 Å². The van der Waals surface area contributed by atoms with Gasteiger partial charge in [0.2, 0.25) is 5.95 Å². The summed E-state index contributed by atoms with van der Waals surface area (Å²) in [5.74, 6) is 0.0318. The lowest BCUT2D eigenvalue weighted by Crippen LogP contribution is -2.43. The Bertz CT molecular complexity index is 1370. The normalized spacial score (nSPS) is 15.8. The average molecular weight is 573 g/mol. The summed E-state index contributed by atoms with van der Waals surface area (Å²) >= 11 is 5.95. The Hall–Kier alpha value is -2.59. The first-order valence-corrected chi connectivity index (χ1v) is 16.6. The van der Waals surface area contributed by atoms with Crippen LogP contribution in [0.5, 0.6) is 0 Å². The van der Waals surface area contributed by atoms with Crippen LogP contribution in [0.4, 0.5) is 10.3 Å². The summed E-state index contributed by atoms with van der Waals surface area (Å²) < 4.78 is 28.1. The van der Waals surface area contributed by atoms with Crippen molar-refractivity contribution < 1.29 is 13.6 Å². The number of nitrogens with one attached hydrogen (secondary N) is 1. The fourth-order valence-corrected chi connectivity index (χ4v) is 5.66. The lowest BCUT2D eigenvalue weighted by molar-refractivity contribution is 0.0903. The maximum atomic E-state index is 14.4. The molecule has 0 unspecified atom stereocenters. The third-order valence-electron chi connectivity index (χ3n) is 7.72. The molecule has 1 aromatic carbocycles. The van der Waals surface area contributed by atoms with Gasteiger partial charge in [0.1, 0.15) is 5.82 Å². The molecule has 1 aliphatic rings. The van der Waals surface area contributed by atoms with Crippen LogP contribution in [0.2, 0.25) is 23.2 Å². The molecule has 10 heteroatoms. The molecule has 1 saturated heterocycles. The first kappa shape index (κ1) is 29.4. The van der Waals surface area contributed by atoms with Gasteiger partial charge in [-0.15, -0.1) is 0 Å². The maximum Gasteiger partial charge on any atom is 0.251 e. The number of hydrogen-bond acceptors (Lipinski definition) is 6. The fourth-order valence-electron chi connectivity index (χ4n) is 4.27. The molecule has 4 rings (SSSR count). The van der Waals surface area contributed by atoms with Crippen molar-refractivity contribution in [3.05, 3.63) is 75.0 Å². The lowest BCUT2D eigenvalue weighted by Gasteiger charge is -2.39. The average Bonchev–Trinajstić information content (AvgIpc) is 2.87. The van der Waals surface area contributed by atoms with Crippen molar-refractivity contribution in [3.8, 4) is 11.3 Å². The third kappa shape index (κ3) is 7.14. The quantitative estimate of drug-likeness (QED) is 0.300. The van der Waals surface area contributed by atoms with Gasteiger partial charge in [-0.25, -0.2) is 14.4 Å². The lowest BCUT2D eigenvalue weighted by atomic mass is 10.1. The predicted molar refractivity (Wildman–Crippen MR) is 156 cm³/mol. The first-order valence-electron chi connectivity index (χ1n) is 13.4. The number of pyridine rings is 1. The summed E-state index contributed by atoms with van der Waals surface area (Å²) in [6.45, 7) is 14.3. The number of anilines is 1. The third-order valence-corrected chi connectivity index (χ3v) is 12.5. The number of ether oxygens (including phenoxy) is 1. The molecule has 0 saturated carbocycles. The first-order chi connectivity index (χ1) is 18.3. The molecule has 3 aromatic rings. The van der Waals surface area contributed by atoms with Crippen molar-refractivity contribution in [1.29, 1.82) is 0 Å². The number of hydrogen-bond donors (Lipinski definition) is 1. The molecule has 0 spiro atoms. The Labute approximate surface area is 235 Å². The second-order valence-corrected chi connectivity index (χ2v) is 16.9. The van der Waals surface area contributed by atoms with Crippen LogP contribution in [0.25, 0.3) is 11.3 Å². The van der Waals surface area contributed by atoms with Gasteiger partial charge in [-0.1, -0.05) is 38.4 Å². The Morgan fingerprint density at radius 2 is 1.95 bits per heavy atom. The summed E-state index contributed by atoms with van der Waals surface area (Å²) in [7, 11) is -2.25. The molecule has 2 aromatic heterocycles. The van der Waals surface area contributed by atoms with Crippen LogP contribution >= 0.6 is 11.6 Å². The molecule has 0 aliphatic carbocycles. The Morgan fingerprint density at radius 3 is 2.59 bits per heavy atom. The zero-order valence-electron chi connectivity index (χ0n) is 23.6. The van der Waals surface area contributed by atoms with Crippen LogP contribution in [0.15, 0.2) is 47.5 Å². The highest BCUT2D eigenvalue weighted by molar-refractivity contribution is 6.74. The van der Waals surface area contributed by atoms with Crippen molar-refractivity contribution >= 4 is 25.9 Å². The van der Waals surface area contributed by atoms with Crippen LogP contribution in [0, 0.1) is 12.7 Å². The number of nitrogens with zero attached hydrogens (tertiary/aromatic N) is 3. The number of halogens is 2. The van der Waals surface area contributed by atoms with Gasteiger partial charge < -0.3 is 19.0 Å². The van der Waals surface area contributed by atoms with Gasteiger partial charge in [-0.05, 0) is 67.2 Å². The van der Waals surface area contributed by atoms with Gasteiger partial charge in [0.25, 0.3) is 5.56 Å². The minimum atomic E-state index is -2.25. The van der Waals surface area contributed by atoms with E-state index in [0.717, 1.165) is 31.6 Å². The highest BCUT2D eigenvalue weighted by Crippen LogP contribution is 2.40. The second-order valence-electron chi connectivity index (χ2n) is 11.7. The van der Waals surface area contributed by atoms with Gasteiger partial charge in [-0.3, -0.25) is 4.79 Å². The topological polar surface area (TPSA) is 78.3 Å². The van der Waals surface area contributed by atoms with Gasteiger partial charge >= 0.3 is 0 Å². The zero-order chi connectivity index (χ0) is 28.4. The number of aryl methyl sites for hydroxylation is 1. The molecular formula is C29H38ClFN4O3Si. The number of rotatable bonds is 8. The van der Waals surface area contributed by atoms with Crippen LogP contribution < -0.4 is 10.9 Å². The van der Waals surface area contributed by atoms with Crippen molar-refractivity contribution in [2.75, 3.05) is 18.5 Å². The number of benzene rings is 1. The molecular weight excluding hydrogens is 535 g/mol. The standard InChI is InChI=1S/C29H38ClFN4O3Si/c1-19-17-32-28(33-22-10-13-37-14-11-22)34-27(19)21-9-12-35(26(36)16-21)18-25(38-39(5,6)29(2,3)4)20-7-8-23(30)24(31)15-20/h7-9,12,15-17,22,25H,10-11,13-14,18H2,1-6H3,(H,32,33,34)/t25-/m0/s1. The van der Waals surface area contributed by atoms with Gasteiger partial charge in [0.05, 0.1) is 23.4 Å². The highest BCUT2D eigenvalue weighted by Gasteiger charge is 2.39. The van der Waals surface area contributed by atoms with E-state index in [1.54, 1.807) is 29.1 Å². The molecule has 0 radical (unpaired) electrons. The van der Waals surface area contributed by atoms with E-state index < -0.39 is 20.2 Å². The van der Waals surface area contributed by atoms with Crippen LogP contribution in [0.1, 0.15) is 50.8 Å². The van der Waals surface area contributed by atoms with E-state index in [9.17, 15) is 9.18 Å². The molecule has 39 heavy (non-hydrogen) atoms. The van der Waals surface area contributed by atoms with Crippen molar-refractivity contribution in [2.45, 2.75) is 77.4 Å². The van der Waals surface area contributed by atoms with E-state index in [-0.39, 0.29) is 28.2 Å². The maximum absolute atomic E-state index is 14.4. The van der Waals surface area contributed by atoms with E-state index in [1.165, 1.54) is 12.1 Å². The molecule has 1 aliphatic heterocycles. The van der Waals surface area contributed by atoms with Crippen molar-refractivity contribution in [2.24, 2.45) is 0 Å². The summed E-state index contributed by atoms with van der Waals surface area (Å²) in [6.07, 6.45) is 4.81. The summed E-state index contributed by atoms with van der Waals surface area (Å²) in [4.78, 5) is 22.5. The van der Waals surface area contributed by atoms with E-state index in [1.807, 2.05) is 13.0 Å². The summed E-state index contributed by atoms with van der Waals surface area (Å²) in [6, 6.07) is 8.42. The van der Waals surface area contributed by atoms with E-state index in [2.05, 4.69) is 44.2 Å². The van der Waals surface area contributed by atoms with E-state index >= 15 is 0 Å². The molecule has 210 valence electrons. The molecule has 0 bridgehead atoms. The predicted octanol–water partition coefficient (Wildman–Crippen LogP) is 6.76. The number of aromatic nitrogens is 3. The molecule has 0 amide bonds. The Morgan fingerprint density at radius 1 is 1.23 bits per heavy atom. The van der Waals surface area contributed by atoms with Gasteiger partial charge in [0, 0.05) is 43.3 Å². The molecule has 1 fully saturated rings. The van der Waals surface area contributed by atoms with Crippen LogP contribution in [-0.4, -0.2) is 42.1 Å². The molecule has 3 heterocycles. The minimum Gasteiger partial charge on any atom is -0.408 e. The molecule has 7 nitrogen and oxygen atoms in total. The van der Waals surface area contributed by atoms with E-state index in [0.29, 0.717) is 22.8 Å². The molecule has 1 N–H and O–H groups in total. The largest absolute Gasteiger partial charge is 0.408 e. The van der Waals surface area contributed by atoms with Gasteiger partial charge in [0.15, 0.2) is 8.32 Å². The highest BCUT2D eigenvalue weighted by atomic mass is 35.5. The van der Waals surface area contributed by atoms with Crippen LogP contribution in [-0.2, 0) is 15.7 Å². The summed E-state index contributed by atoms with van der Waals surface area (Å²) in [5.41, 5.74) is 2.75. The minimum absolute atomic E-state index is 0.0530.